The molecule has 1 fully saturated rings. The van der Waals surface area contributed by atoms with Gasteiger partial charge in [-0.25, -0.2) is 4.39 Å². The molecule has 1 heterocycles. The number of hydrogen-bond donors (Lipinski definition) is 0. The minimum atomic E-state index is -0.369. The summed E-state index contributed by atoms with van der Waals surface area (Å²) in [4.78, 5) is 19.2. The van der Waals surface area contributed by atoms with E-state index in [1.54, 1.807) is 29.3 Å². The van der Waals surface area contributed by atoms with Crippen molar-refractivity contribution < 1.29 is 13.9 Å². The number of hydrogen-bond acceptors (Lipinski definition) is 3. The monoisotopic (exact) mass is 544 g/mol. The fraction of sp³-hybridized carbons (Fsp3) is 0.333. The first kappa shape index (κ1) is 24.7. The van der Waals surface area contributed by atoms with Gasteiger partial charge in [0.1, 0.15) is 11.6 Å². The number of carbonyl (C=O) groups excluding carboxylic acids is 1. The molecule has 1 amide bonds. The topological polar surface area (TPSA) is 42.4 Å². The van der Waals surface area contributed by atoms with E-state index in [4.69, 9.17) is 16.3 Å². The zero-order chi connectivity index (χ0) is 23.9. The number of amides is 1. The summed E-state index contributed by atoms with van der Waals surface area (Å²) >= 11 is 9.56. The number of rotatable bonds is 8. The third-order valence-electron chi connectivity index (χ3n) is 6.18. The highest BCUT2D eigenvalue weighted by Crippen LogP contribution is 2.38. The smallest absolute Gasteiger partial charge is 0.261 e. The van der Waals surface area contributed by atoms with E-state index in [2.05, 4.69) is 20.9 Å². The van der Waals surface area contributed by atoms with Gasteiger partial charge in [0, 0.05) is 27.8 Å². The first-order valence-corrected chi connectivity index (χ1v) is 12.7. The van der Waals surface area contributed by atoms with Gasteiger partial charge in [-0.05, 0) is 66.8 Å². The maximum absolute atomic E-state index is 14.5. The molecule has 0 bridgehead atoms. The number of nitrogens with zero attached hydrogens (tertiary/aromatic N) is 2. The number of carbonyl (C=O) groups is 1. The summed E-state index contributed by atoms with van der Waals surface area (Å²) in [6.45, 7) is 0.231. The minimum absolute atomic E-state index is 0.119. The summed E-state index contributed by atoms with van der Waals surface area (Å²) in [5.74, 6) is 0.472. The summed E-state index contributed by atoms with van der Waals surface area (Å²) < 4.78 is 21.2. The first-order chi connectivity index (χ1) is 16.5. The summed E-state index contributed by atoms with van der Waals surface area (Å²) in [5, 5.41) is 0.668. The van der Waals surface area contributed by atoms with Gasteiger partial charge in [-0.3, -0.25) is 9.78 Å². The molecule has 4 rings (SSSR count). The van der Waals surface area contributed by atoms with Crippen LogP contribution in [0.5, 0.6) is 5.75 Å². The molecule has 0 radical (unpaired) electrons. The van der Waals surface area contributed by atoms with Crippen molar-refractivity contribution in [2.45, 2.75) is 51.1 Å². The summed E-state index contributed by atoms with van der Waals surface area (Å²) in [6.07, 6.45) is 7.50. The van der Waals surface area contributed by atoms with E-state index in [0.717, 1.165) is 24.1 Å². The van der Waals surface area contributed by atoms with E-state index in [-0.39, 0.29) is 31.4 Å². The molecule has 7 heteroatoms. The number of benzene rings is 2. The normalized spacial score (nSPS) is 14.1. The van der Waals surface area contributed by atoms with Gasteiger partial charge >= 0.3 is 0 Å². The second-order valence-corrected chi connectivity index (χ2v) is 9.96. The van der Waals surface area contributed by atoms with E-state index in [1.165, 1.54) is 25.3 Å². The predicted octanol–water partition coefficient (Wildman–Crippen LogP) is 7.29. The second-order valence-electron chi connectivity index (χ2n) is 8.61. The maximum atomic E-state index is 14.5. The number of ether oxygens (including phenoxy) is 1. The van der Waals surface area contributed by atoms with Crippen LogP contribution in [0.1, 0.15) is 54.8 Å². The van der Waals surface area contributed by atoms with Crippen LogP contribution in [0.4, 0.5) is 4.39 Å². The van der Waals surface area contributed by atoms with Crippen LogP contribution in [0, 0.1) is 5.82 Å². The van der Waals surface area contributed by atoms with E-state index < -0.39 is 0 Å². The van der Waals surface area contributed by atoms with Crippen molar-refractivity contribution in [3.8, 4) is 5.75 Å². The zero-order valence-electron chi connectivity index (χ0n) is 18.9. The highest BCUT2D eigenvalue weighted by atomic mass is 79.9. The van der Waals surface area contributed by atoms with Crippen LogP contribution in [0.15, 0.2) is 65.3 Å². The molecule has 0 unspecified atom stereocenters. The third-order valence-corrected chi connectivity index (χ3v) is 6.90. The first-order valence-electron chi connectivity index (χ1n) is 11.5. The van der Waals surface area contributed by atoms with Gasteiger partial charge < -0.3 is 9.64 Å². The summed E-state index contributed by atoms with van der Waals surface area (Å²) in [5.41, 5.74) is 2.22. The van der Waals surface area contributed by atoms with Crippen LogP contribution >= 0.6 is 27.5 Å². The van der Waals surface area contributed by atoms with Crippen molar-refractivity contribution in [3.05, 3.63) is 92.9 Å². The molecule has 0 spiro atoms. The molecule has 1 aliphatic rings. The molecular weight excluding hydrogens is 519 g/mol. The van der Waals surface area contributed by atoms with Crippen molar-refractivity contribution in [1.29, 1.82) is 0 Å². The Bertz CT molecular complexity index is 1120. The highest BCUT2D eigenvalue weighted by molar-refractivity contribution is 9.10. The molecule has 178 valence electrons. The molecule has 0 saturated heterocycles. The van der Waals surface area contributed by atoms with Gasteiger partial charge in [0.05, 0.1) is 12.2 Å². The second kappa shape index (κ2) is 11.8. The predicted molar refractivity (Wildman–Crippen MR) is 135 cm³/mol. The van der Waals surface area contributed by atoms with Crippen molar-refractivity contribution in [1.82, 2.24) is 9.88 Å². The fourth-order valence-electron chi connectivity index (χ4n) is 4.39. The molecule has 3 aromatic rings. The molecule has 1 aromatic heterocycles. The summed E-state index contributed by atoms with van der Waals surface area (Å²) in [7, 11) is 0. The third kappa shape index (κ3) is 6.57. The van der Waals surface area contributed by atoms with Crippen molar-refractivity contribution in [2.75, 3.05) is 6.61 Å². The Balaban J connectivity index is 1.51. The van der Waals surface area contributed by atoms with Crippen LogP contribution < -0.4 is 4.74 Å². The Morgan fingerprint density at radius 1 is 1.09 bits per heavy atom. The molecule has 2 aromatic carbocycles. The van der Waals surface area contributed by atoms with Gasteiger partial charge in [0.15, 0.2) is 6.61 Å². The molecular formula is C27H27BrClFN2O2. The fourth-order valence-corrected chi connectivity index (χ4v) is 4.90. The lowest BCUT2D eigenvalue weighted by Crippen LogP contribution is -2.34. The van der Waals surface area contributed by atoms with Gasteiger partial charge in [0.25, 0.3) is 5.91 Å². The largest absolute Gasteiger partial charge is 0.483 e. The van der Waals surface area contributed by atoms with Gasteiger partial charge in [-0.2, -0.15) is 0 Å². The van der Waals surface area contributed by atoms with E-state index in [1.807, 2.05) is 30.3 Å². The van der Waals surface area contributed by atoms with E-state index in [9.17, 15) is 9.18 Å². The van der Waals surface area contributed by atoms with Crippen molar-refractivity contribution in [3.63, 3.8) is 0 Å². The Morgan fingerprint density at radius 2 is 1.91 bits per heavy atom. The lowest BCUT2D eigenvalue weighted by molar-refractivity contribution is -0.134. The van der Waals surface area contributed by atoms with Crippen LogP contribution in [0.25, 0.3) is 0 Å². The maximum Gasteiger partial charge on any atom is 0.261 e. The molecule has 1 saturated carbocycles. The van der Waals surface area contributed by atoms with E-state index in [0.29, 0.717) is 26.7 Å². The van der Waals surface area contributed by atoms with Crippen molar-refractivity contribution in [2.24, 2.45) is 0 Å². The SMILES string of the molecule is O=C(COc1ccc(Cl)cc1C1CCCCC1)N(Cc1ccccn1)Cc1ccc(Br)cc1F. The molecule has 34 heavy (non-hydrogen) atoms. The standard InChI is InChI=1S/C27H27BrClFN2O2/c28-21-10-9-20(25(30)14-21)16-32(17-23-8-4-5-13-31-23)27(33)18-34-26-12-11-22(29)15-24(26)19-6-2-1-3-7-19/h4-5,8-15,19H,1-3,6-7,16-18H2. The Kier molecular flexibility index (Phi) is 8.57. The van der Waals surface area contributed by atoms with Gasteiger partial charge in [-0.1, -0.05) is 58.9 Å². The van der Waals surface area contributed by atoms with Crippen molar-refractivity contribution >= 4 is 33.4 Å². The Morgan fingerprint density at radius 3 is 2.65 bits per heavy atom. The Labute approximate surface area is 213 Å². The minimum Gasteiger partial charge on any atom is -0.483 e. The molecule has 0 N–H and O–H groups in total. The highest BCUT2D eigenvalue weighted by Gasteiger charge is 2.22. The number of aromatic nitrogens is 1. The number of halogens is 3. The van der Waals surface area contributed by atoms with Crippen LogP contribution in [0.2, 0.25) is 5.02 Å². The van der Waals surface area contributed by atoms with Crippen LogP contribution in [-0.4, -0.2) is 22.4 Å². The molecule has 0 aliphatic heterocycles. The van der Waals surface area contributed by atoms with Crippen LogP contribution in [-0.2, 0) is 17.9 Å². The molecule has 0 atom stereocenters. The molecule has 4 nitrogen and oxygen atoms in total. The Hall–Kier alpha value is -2.44. The quantitative estimate of drug-likeness (QED) is 0.298. The number of pyridine rings is 1. The zero-order valence-corrected chi connectivity index (χ0v) is 21.2. The lowest BCUT2D eigenvalue weighted by atomic mass is 9.84. The van der Waals surface area contributed by atoms with Gasteiger partial charge in [-0.15, -0.1) is 0 Å². The van der Waals surface area contributed by atoms with Crippen LogP contribution in [0.3, 0.4) is 0 Å². The average molecular weight is 546 g/mol. The lowest BCUT2D eigenvalue weighted by Gasteiger charge is -2.26. The van der Waals surface area contributed by atoms with E-state index >= 15 is 0 Å². The molecule has 1 aliphatic carbocycles. The average Bonchev–Trinajstić information content (AvgIpc) is 2.85. The summed E-state index contributed by atoms with van der Waals surface area (Å²) in [6, 6.07) is 16.0. The van der Waals surface area contributed by atoms with Gasteiger partial charge in [0.2, 0.25) is 0 Å².